The van der Waals surface area contributed by atoms with Crippen LogP contribution in [0.1, 0.15) is 29.9 Å². The number of carbonyl (C=O) groups excluding carboxylic acids is 1. The molecule has 0 saturated carbocycles. The quantitative estimate of drug-likeness (QED) is 0.793. The lowest BCUT2D eigenvalue weighted by Gasteiger charge is -2.09. The Hall–Kier alpha value is -2.61. The molecule has 2 heterocycles. The molecule has 2 aromatic rings. The van der Waals surface area contributed by atoms with E-state index in [-0.39, 0.29) is 5.69 Å². The van der Waals surface area contributed by atoms with Crippen LogP contribution in [-0.2, 0) is 11.3 Å². The first-order chi connectivity index (χ1) is 10.6. The Bertz CT molecular complexity index is 648. The lowest BCUT2D eigenvalue weighted by Crippen LogP contribution is -2.26. The predicted molar refractivity (Wildman–Crippen MR) is 78.0 cm³/mol. The van der Waals surface area contributed by atoms with Crippen molar-refractivity contribution in [3.05, 3.63) is 41.5 Å². The third kappa shape index (κ3) is 3.95. The molecule has 0 aliphatic carbocycles. The van der Waals surface area contributed by atoms with Gasteiger partial charge in [0.25, 0.3) is 5.91 Å². The molecule has 0 atom stereocenters. The van der Waals surface area contributed by atoms with Crippen molar-refractivity contribution >= 4 is 17.5 Å². The van der Waals surface area contributed by atoms with Gasteiger partial charge >= 0.3 is 0 Å². The number of aryl methyl sites for hydroxylation is 1. The molecule has 0 radical (unpaired) electrons. The summed E-state index contributed by atoms with van der Waals surface area (Å²) in [7, 11) is 0. The minimum Gasteiger partial charge on any atom is -0.323 e. The number of hydrogen-bond acceptors (Lipinski definition) is 6. The normalized spacial score (nSPS) is 10.3. The Labute approximate surface area is 126 Å². The Morgan fingerprint density at radius 1 is 1.27 bits per heavy atom. The van der Waals surface area contributed by atoms with Gasteiger partial charge in [-0.2, -0.15) is 0 Å². The fourth-order valence-corrected chi connectivity index (χ4v) is 1.72. The van der Waals surface area contributed by atoms with Gasteiger partial charge in [0.05, 0.1) is 12.8 Å². The van der Waals surface area contributed by atoms with Gasteiger partial charge in [-0.3, -0.25) is 9.63 Å². The maximum Gasteiger partial charge on any atom is 0.295 e. The number of rotatable bonds is 6. The van der Waals surface area contributed by atoms with Crippen LogP contribution >= 0.6 is 0 Å². The molecule has 1 amide bonds. The lowest BCUT2D eigenvalue weighted by atomic mass is 10.1. The summed E-state index contributed by atoms with van der Waals surface area (Å²) in [5.41, 5.74) is 3.19. The van der Waals surface area contributed by atoms with E-state index in [1.165, 1.54) is 12.1 Å². The summed E-state index contributed by atoms with van der Waals surface area (Å²) in [5.74, 6) is -0.0142. The van der Waals surface area contributed by atoms with Gasteiger partial charge in [-0.05, 0) is 37.1 Å². The van der Waals surface area contributed by atoms with Crippen molar-refractivity contribution in [1.29, 1.82) is 0 Å². The first-order valence-corrected chi connectivity index (χ1v) is 6.81. The zero-order valence-electron chi connectivity index (χ0n) is 12.3. The van der Waals surface area contributed by atoms with E-state index in [0.717, 1.165) is 6.20 Å². The van der Waals surface area contributed by atoms with Crippen LogP contribution in [0.2, 0.25) is 0 Å². The molecular weight excluding hydrogens is 289 g/mol. The molecule has 2 rings (SSSR count). The maximum atomic E-state index is 12.8. The summed E-state index contributed by atoms with van der Waals surface area (Å²) < 4.78 is 12.8. The third-order valence-electron chi connectivity index (χ3n) is 2.76. The summed E-state index contributed by atoms with van der Waals surface area (Å²) >= 11 is 0. The first-order valence-electron chi connectivity index (χ1n) is 6.81. The SMILES string of the molecule is CCONC(=O)c1nnc(Nc2ccc(F)cn2)cc1CC. The molecule has 0 bridgehead atoms. The van der Waals surface area contributed by atoms with Crippen LogP contribution in [-0.4, -0.2) is 27.7 Å². The van der Waals surface area contributed by atoms with E-state index in [4.69, 9.17) is 4.84 Å². The minimum absolute atomic E-state index is 0.202. The van der Waals surface area contributed by atoms with E-state index in [2.05, 4.69) is 26.0 Å². The van der Waals surface area contributed by atoms with E-state index in [1.807, 2.05) is 6.92 Å². The number of hydrogen-bond donors (Lipinski definition) is 2. The number of aromatic nitrogens is 3. The lowest BCUT2D eigenvalue weighted by molar-refractivity contribution is 0.0358. The summed E-state index contributed by atoms with van der Waals surface area (Å²) in [6.45, 7) is 4.01. The van der Waals surface area contributed by atoms with Crippen LogP contribution in [0.15, 0.2) is 24.4 Å². The van der Waals surface area contributed by atoms with E-state index in [9.17, 15) is 9.18 Å². The smallest absolute Gasteiger partial charge is 0.295 e. The molecule has 0 saturated heterocycles. The standard InChI is InChI=1S/C14H16FN5O2/c1-3-9-7-12(17-11-6-5-10(15)8-16-11)18-19-13(9)14(21)20-22-4-2/h5-8H,3-4H2,1-2H3,(H,20,21)(H,16,17,18). The van der Waals surface area contributed by atoms with Crippen molar-refractivity contribution in [2.45, 2.75) is 20.3 Å². The van der Waals surface area contributed by atoms with Crippen LogP contribution in [0.4, 0.5) is 16.0 Å². The van der Waals surface area contributed by atoms with Gasteiger partial charge < -0.3 is 5.32 Å². The minimum atomic E-state index is -0.447. The van der Waals surface area contributed by atoms with Gasteiger partial charge in [0.1, 0.15) is 11.6 Å². The van der Waals surface area contributed by atoms with Crippen LogP contribution in [0.3, 0.4) is 0 Å². The molecule has 0 aliphatic rings. The van der Waals surface area contributed by atoms with Gasteiger partial charge in [-0.15, -0.1) is 10.2 Å². The average Bonchev–Trinajstić information content (AvgIpc) is 2.54. The van der Waals surface area contributed by atoms with E-state index < -0.39 is 11.7 Å². The zero-order valence-corrected chi connectivity index (χ0v) is 12.3. The van der Waals surface area contributed by atoms with Crippen LogP contribution in [0, 0.1) is 5.82 Å². The molecule has 8 heteroatoms. The average molecular weight is 305 g/mol. The summed E-state index contributed by atoms with van der Waals surface area (Å²) in [6.07, 6.45) is 1.69. The highest BCUT2D eigenvalue weighted by Gasteiger charge is 2.14. The third-order valence-corrected chi connectivity index (χ3v) is 2.76. The fraction of sp³-hybridized carbons (Fsp3) is 0.286. The first kappa shape index (κ1) is 15.8. The molecule has 7 nitrogen and oxygen atoms in total. The Balaban J connectivity index is 2.17. The molecular formula is C14H16FN5O2. The summed E-state index contributed by atoms with van der Waals surface area (Å²) in [5, 5.41) is 10.7. The van der Waals surface area contributed by atoms with Crippen molar-refractivity contribution in [3.63, 3.8) is 0 Å². The highest BCUT2D eigenvalue weighted by Crippen LogP contribution is 2.15. The number of nitrogens with zero attached hydrogens (tertiary/aromatic N) is 3. The van der Waals surface area contributed by atoms with Gasteiger partial charge in [-0.1, -0.05) is 6.92 Å². The fourth-order valence-electron chi connectivity index (χ4n) is 1.72. The van der Waals surface area contributed by atoms with Crippen molar-refractivity contribution in [1.82, 2.24) is 20.7 Å². The van der Waals surface area contributed by atoms with Crippen molar-refractivity contribution in [3.8, 4) is 0 Å². The maximum absolute atomic E-state index is 12.8. The largest absolute Gasteiger partial charge is 0.323 e. The molecule has 0 fully saturated rings. The summed E-state index contributed by atoms with van der Waals surface area (Å²) in [4.78, 5) is 20.6. The predicted octanol–water partition coefficient (Wildman–Crippen LogP) is 2.00. The van der Waals surface area contributed by atoms with Gasteiger partial charge in [0.15, 0.2) is 11.5 Å². The molecule has 0 aliphatic heterocycles. The van der Waals surface area contributed by atoms with E-state index >= 15 is 0 Å². The molecule has 2 aromatic heterocycles. The highest BCUT2D eigenvalue weighted by molar-refractivity contribution is 5.93. The van der Waals surface area contributed by atoms with Crippen molar-refractivity contribution < 1.29 is 14.0 Å². The number of anilines is 2. The molecule has 116 valence electrons. The zero-order chi connectivity index (χ0) is 15.9. The second-order valence-electron chi connectivity index (χ2n) is 4.31. The van der Waals surface area contributed by atoms with E-state index in [1.54, 1.807) is 13.0 Å². The van der Waals surface area contributed by atoms with Crippen molar-refractivity contribution in [2.75, 3.05) is 11.9 Å². The topological polar surface area (TPSA) is 89.0 Å². The Kier molecular flexibility index (Phi) is 5.31. The molecule has 0 aromatic carbocycles. The Morgan fingerprint density at radius 2 is 2.09 bits per heavy atom. The Morgan fingerprint density at radius 3 is 2.73 bits per heavy atom. The van der Waals surface area contributed by atoms with Crippen molar-refractivity contribution in [2.24, 2.45) is 0 Å². The molecule has 2 N–H and O–H groups in total. The number of carbonyl (C=O) groups is 1. The number of nitrogens with one attached hydrogen (secondary N) is 2. The number of amides is 1. The number of halogens is 1. The van der Waals surface area contributed by atoms with Crippen LogP contribution < -0.4 is 10.8 Å². The van der Waals surface area contributed by atoms with E-state index in [0.29, 0.717) is 30.2 Å². The van der Waals surface area contributed by atoms with Gasteiger partial charge in [0, 0.05) is 0 Å². The van der Waals surface area contributed by atoms with Crippen LogP contribution in [0.5, 0.6) is 0 Å². The molecule has 0 spiro atoms. The second-order valence-corrected chi connectivity index (χ2v) is 4.31. The van der Waals surface area contributed by atoms with Crippen LogP contribution in [0.25, 0.3) is 0 Å². The number of hydroxylamine groups is 1. The second kappa shape index (κ2) is 7.41. The van der Waals surface area contributed by atoms with Gasteiger partial charge in [0.2, 0.25) is 0 Å². The number of pyridine rings is 1. The molecule has 22 heavy (non-hydrogen) atoms. The molecule has 0 unspecified atom stereocenters. The van der Waals surface area contributed by atoms with Gasteiger partial charge in [-0.25, -0.2) is 14.9 Å². The highest BCUT2D eigenvalue weighted by atomic mass is 19.1. The summed E-state index contributed by atoms with van der Waals surface area (Å²) in [6, 6.07) is 4.46. The monoisotopic (exact) mass is 305 g/mol.